The monoisotopic (exact) mass is 379 g/mol. The van der Waals surface area contributed by atoms with Gasteiger partial charge in [0.05, 0.1) is 30.3 Å². The molecule has 9 heteroatoms. The Hall–Kier alpha value is -2.23. The van der Waals surface area contributed by atoms with Crippen LogP contribution in [0.3, 0.4) is 0 Å². The van der Waals surface area contributed by atoms with E-state index in [4.69, 9.17) is 4.74 Å². The molecule has 9 nitrogen and oxygen atoms in total. The standard InChI is InChI=1S/C18H29N5O4/c1-3-19-17(20-12-15-4-6-16(7-5-15)23(25)26)21-13-18(2,24)14-22-8-10-27-11-9-22/h4-7,24H,3,8-14H2,1-2H3,(H2,19,20,21). The van der Waals surface area contributed by atoms with Crippen LogP contribution in [0.5, 0.6) is 0 Å². The summed E-state index contributed by atoms with van der Waals surface area (Å²) in [5.74, 6) is 0.595. The van der Waals surface area contributed by atoms with E-state index in [0.717, 1.165) is 18.7 Å². The molecule has 1 aliphatic heterocycles. The second kappa shape index (κ2) is 10.2. The van der Waals surface area contributed by atoms with Crippen LogP contribution in [-0.2, 0) is 11.3 Å². The Labute approximate surface area is 159 Å². The number of hydrogen-bond donors (Lipinski definition) is 3. The van der Waals surface area contributed by atoms with Crippen LogP contribution in [0.25, 0.3) is 0 Å². The van der Waals surface area contributed by atoms with E-state index in [-0.39, 0.29) is 5.69 Å². The fraction of sp³-hybridized carbons (Fsp3) is 0.611. The van der Waals surface area contributed by atoms with E-state index in [0.29, 0.717) is 45.4 Å². The lowest BCUT2D eigenvalue weighted by Gasteiger charge is -2.34. The van der Waals surface area contributed by atoms with Gasteiger partial charge in [-0.15, -0.1) is 0 Å². The molecule has 0 saturated carbocycles. The summed E-state index contributed by atoms with van der Waals surface area (Å²) in [7, 11) is 0. The van der Waals surface area contributed by atoms with Crippen molar-refractivity contribution in [1.29, 1.82) is 0 Å². The normalized spacial score (nSPS) is 18.0. The van der Waals surface area contributed by atoms with Crippen molar-refractivity contribution >= 4 is 11.6 Å². The molecule has 1 aromatic carbocycles. The Morgan fingerprint density at radius 2 is 2.00 bits per heavy atom. The van der Waals surface area contributed by atoms with Crippen LogP contribution < -0.4 is 10.6 Å². The largest absolute Gasteiger partial charge is 0.387 e. The van der Waals surface area contributed by atoms with Gasteiger partial charge < -0.3 is 20.5 Å². The highest BCUT2D eigenvalue weighted by Gasteiger charge is 2.25. The number of benzene rings is 1. The molecule has 0 aromatic heterocycles. The molecule has 1 aromatic rings. The number of guanidine groups is 1. The summed E-state index contributed by atoms with van der Waals surface area (Å²) in [5.41, 5.74) is 0.0331. The van der Waals surface area contributed by atoms with E-state index in [1.807, 2.05) is 6.92 Å². The zero-order chi connectivity index (χ0) is 19.7. The summed E-state index contributed by atoms with van der Waals surface area (Å²) >= 11 is 0. The average molecular weight is 379 g/mol. The molecule has 1 saturated heterocycles. The number of aliphatic hydroxyl groups is 1. The molecule has 0 spiro atoms. The second-order valence-electron chi connectivity index (χ2n) is 6.86. The molecule has 0 bridgehead atoms. The van der Waals surface area contributed by atoms with Gasteiger partial charge in [0.25, 0.3) is 5.69 Å². The van der Waals surface area contributed by atoms with Gasteiger partial charge in [0.15, 0.2) is 5.96 Å². The summed E-state index contributed by atoms with van der Waals surface area (Å²) in [6.07, 6.45) is 0. The molecule has 150 valence electrons. The number of nitrogens with zero attached hydrogens (tertiary/aromatic N) is 3. The lowest BCUT2D eigenvalue weighted by molar-refractivity contribution is -0.384. The molecular formula is C18H29N5O4. The van der Waals surface area contributed by atoms with E-state index in [2.05, 4.69) is 20.5 Å². The van der Waals surface area contributed by atoms with Gasteiger partial charge >= 0.3 is 0 Å². The summed E-state index contributed by atoms with van der Waals surface area (Å²) < 4.78 is 5.33. The number of aliphatic imine (C=N–C) groups is 1. The Kier molecular flexibility index (Phi) is 7.96. The Morgan fingerprint density at radius 1 is 1.33 bits per heavy atom. The van der Waals surface area contributed by atoms with Crippen LogP contribution >= 0.6 is 0 Å². The predicted molar refractivity (Wildman–Crippen MR) is 104 cm³/mol. The van der Waals surface area contributed by atoms with Crippen LogP contribution in [-0.4, -0.2) is 72.4 Å². The Morgan fingerprint density at radius 3 is 2.59 bits per heavy atom. The van der Waals surface area contributed by atoms with E-state index >= 15 is 0 Å². The first-order chi connectivity index (χ1) is 12.9. The number of non-ortho nitro benzene ring substituents is 1. The van der Waals surface area contributed by atoms with Crippen molar-refractivity contribution in [2.75, 3.05) is 45.9 Å². The Balaban J connectivity index is 1.89. The van der Waals surface area contributed by atoms with Crippen LogP contribution in [0.1, 0.15) is 19.4 Å². The first-order valence-corrected chi connectivity index (χ1v) is 9.17. The van der Waals surface area contributed by atoms with Gasteiger partial charge in [-0.25, -0.2) is 4.99 Å². The Bertz CT molecular complexity index is 627. The van der Waals surface area contributed by atoms with Crippen LogP contribution in [0.15, 0.2) is 29.3 Å². The topological polar surface area (TPSA) is 112 Å². The number of hydrogen-bond acceptors (Lipinski definition) is 6. The van der Waals surface area contributed by atoms with Crippen molar-refractivity contribution in [3.63, 3.8) is 0 Å². The minimum atomic E-state index is -0.902. The minimum Gasteiger partial charge on any atom is -0.387 e. The first kappa shape index (κ1) is 21.1. The lowest BCUT2D eigenvalue weighted by atomic mass is 10.1. The highest BCUT2D eigenvalue weighted by atomic mass is 16.6. The molecule has 1 unspecified atom stereocenters. The fourth-order valence-corrected chi connectivity index (χ4v) is 2.81. The number of rotatable bonds is 8. The molecule has 0 amide bonds. The highest BCUT2D eigenvalue weighted by Crippen LogP contribution is 2.12. The van der Waals surface area contributed by atoms with E-state index < -0.39 is 10.5 Å². The number of nitrogens with one attached hydrogen (secondary N) is 2. The third-order valence-corrected chi connectivity index (χ3v) is 4.22. The minimum absolute atomic E-state index is 0.0620. The van der Waals surface area contributed by atoms with Gasteiger partial charge in [-0.1, -0.05) is 12.1 Å². The second-order valence-corrected chi connectivity index (χ2v) is 6.86. The molecular weight excluding hydrogens is 350 g/mol. The van der Waals surface area contributed by atoms with Crippen molar-refractivity contribution in [3.05, 3.63) is 39.9 Å². The summed E-state index contributed by atoms with van der Waals surface area (Å²) in [5, 5.41) is 27.7. The quantitative estimate of drug-likeness (QED) is 0.264. The zero-order valence-electron chi connectivity index (χ0n) is 16.0. The molecule has 1 fully saturated rings. The maximum atomic E-state index is 10.7. The average Bonchev–Trinajstić information content (AvgIpc) is 2.65. The number of ether oxygens (including phenoxy) is 1. The van der Waals surface area contributed by atoms with Gasteiger partial charge in [0.2, 0.25) is 0 Å². The number of β-amino-alcohol motifs (C(OH)–C–C–N with tert-alkyl or cyclic N) is 1. The maximum Gasteiger partial charge on any atom is 0.269 e. The first-order valence-electron chi connectivity index (χ1n) is 9.17. The third kappa shape index (κ3) is 7.49. The summed E-state index contributed by atoms with van der Waals surface area (Å²) in [6, 6.07) is 6.33. The van der Waals surface area contributed by atoms with E-state index in [1.165, 1.54) is 12.1 Å². The van der Waals surface area contributed by atoms with Gasteiger partial charge in [0, 0.05) is 44.9 Å². The van der Waals surface area contributed by atoms with E-state index in [9.17, 15) is 15.2 Å². The molecule has 0 aliphatic carbocycles. The lowest BCUT2D eigenvalue weighted by Crippen LogP contribution is -2.52. The van der Waals surface area contributed by atoms with Crippen molar-refractivity contribution in [2.24, 2.45) is 4.99 Å². The van der Waals surface area contributed by atoms with Gasteiger partial charge in [0.1, 0.15) is 0 Å². The zero-order valence-corrected chi connectivity index (χ0v) is 16.0. The fourth-order valence-electron chi connectivity index (χ4n) is 2.81. The molecule has 1 heterocycles. The molecule has 2 rings (SSSR count). The highest BCUT2D eigenvalue weighted by molar-refractivity contribution is 5.79. The van der Waals surface area contributed by atoms with Crippen molar-refractivity contribution in [2.45, 2.75) is 26.0 Å². The SMILES string of the molecule is CCNC(=NCc1ccc([N+](=O)[O-])cc1)NCC(C)(O)CN1CCOCC1. The molecule has 0 radical (unpaired) electrons. The molecule has 1 aliphatic rings. The van der Waals surface area contributed by atoms with Gasteiger partial charge in [-0.2, -0.15) is 0 Å². The predicted octanol–water partition coefficient (Wildman–Crippen LogP) is 0.733. The smallest absolute Gasteiger partial charge is 0.269 e. The van der Waals surface area contributed by atoms with Crippen LogP contribution in [0.2, 0.25) is 0 Å². The number of morpholine rings is 1. The van der Waals surface area contributed by atoms with Crippen molar-refractivity contribution in [1.82, 2.24) is 15.5 Å². The van der Waals surface area contributed by atoms with Crippen LogP contribution in [0, 0.1) is 10.1 Å². The van der Waals surface area contributed by atoms with Crippen LogP contribution in [0.4, 0.5) is 5.69 Å². The van der Waals surface area contributed by atoms with E-state index in [1.54, 1.807) is 19.1 Å². The van der Waals surface area contributed by atoms with Gasteiger partial charge in [-0.3, -0.25) is 15.0 Å². The summed E-state index contributed by atoms with van der Waals surface area (Å²) in [4.78, 5) is 17.0. The molecule has 3 N–H and O–H groups in total. The van der Waals surface area contributed by atoms with Crippen molar-refractivity contribution in [3.8, 4) is 0 Å². The molecule has 27 heavy (non-hydrogen) atoms. The summed E-state index contributed by atoms with van der Waals surface area (Å²) in [6.45, 7) is 8.81. The van der Waals surface area contributed by atoms with Crippen molar-refractivity contribution < 1.29 is 14.8 Å². The number of nitro groups is 1. The number of nitro benzene ring substituents is 1. The third-order valence-electron chi connectivity index (χ3n) is 4.22. The molecule has 1 atom stereocenters. The maximum absolute atomic E-state index is 10.7. The van der Waals surface area contributed by atoms with Gasteiger partial charge in [-0.05, 0) is 19.4 Å².